The molecule has 0 aliphatic carbocycles. The van der Waals surface area contributed by atoms with E-state index in [1.54, 1.807) is 0 Å². The Morgan fingerprint density at radius 2 is 2.38 bits per heavy atom. The van der Waals surface area contributed by atoms with E-state index < -0.39 is 0 Å². The smallest absolute Gasteiger partial charge is 0.122 e. The van der Waals surface area contributed by atoms with E-state index in [4.69, 9.17) is 18.0 Å². The Kier molecular flexibility index (Phi) is 3.39. The van der Waals surface area contributed by atoms with Gasteiger partial charge >= 0.3 is 0 Å². The van der Waals surface area contributed by atoms with Crippen molar-refractivity contribution >= 4 is 22.9 Å². The highest BCUT2D eigenvalue weighted by atomic mass is 32.1. The molecule has 1 aliphatic rings. The van der Waals surface area contributed by atoms with Crippen LogP contribution in [-0.2, 0) is 0 Å². The molecule has 1 atom stereocenters. The van der Waals surface area contributed by atoms with Crippen molar-refractivity contribution in [2.24, 2.45) is 11.7 Å². The van der Waals surface area contributed by atoms with Crippen molar-refractivity contribution in [3.63, 3.8) is 0 Å². The SMILES string of the molecule is CC1CCCN(c2ccc(C(N)=S)nc2)C1. The van der Waals surface area contributed by atoms with Crippen molar-refractivity contribution in [2.75, 3.05) is 18.0 Å². The molecule has 16 heavy (non-hydrogen) atoms. The van der Waals surface area contributed by atoms with Crippen LogP contribution in [0.15, 0.2) is 18.3 Å². The fourth-order valence-electron chi connectivity index (χ4n) is 2.14. The summed E-state index contributed by atoms with van der Waals surface area (Å²) in [5.74, 6) is 0.768. The predicted molar refractivity (Wildman–Crippen MR) is 70.7 cm³/mol. The number of aromatic nitrogens is 1. The Balaban J connectivity index is 2.11. The standard InChI is InChI=1S/C12H17N3S/c1-9-3-2-6-15(8-9)10-4-5-11(12(13)16)14-7-10/h4-5,7,9H,2-3,6,8H2,1H3,(H2,13,16). The van der Waals surface area contributed by atoms with Crippen LogP contribution in [0.2, 0.25) is 0 Å². The van der Waals surface area contributed by atoms with Crippen molar-refractivity contribution in [1.29, 1.82) is 0 Å². The van der Waals surface area contributed by atoms with E-state index in [2.05, 4.69) is 22.9 Å². The van der Waals surface area contributed by atoms with Gasteiger partial charge in [0, 0.05) is 13.1 Å². The maximum atomic E-state index is 5.52. The Morgan fingerprint density at radius 3 is 2.94 bits per heavy atom. The van der Waals surface area contributed by atoms with Crippen LogP contribution in [0, 0.1) is 5.92 Å². The molecule has 1 saturated heterocycles. The van der Waals surface area contributed by atoms with Gasteiger partial charge in [-0.2, -0.15) is 0 Å². The molecule has 1 aromatic heterocycles. The molecule has 0 amide bonds. The van der Waals surface area contributed by atoms with E-state index in [0.717, 1.165) is 19.0 Å². The number of nitrogens with two attached hydrogens (primary N) is 1. The fourth-order valence-corrected chi connectivity index (χ4v) is 2.26. The highest BCUT2D eigenvalue weighted by Crippen LogP contribution is 2.22. The summed E-state index contributed by atoms with van der Waals surface area (Å²) in [7, 11) is 0. The highest BCUT2D eigenvalue weighted by molar-refractivity contribution is 7.80. The number of rotatable bonds is 2. The molecule has 1 fully saturated rings. The molecule has 4 heteroatoms. The van der Waals surface area contributed by atoms with Crippen molar-refractivity contribution in [1.82, 2.24) is 4.98 Å². The summed E-state index contributed by atoms with van der Waals surface area (Å²) in [5, 5.41) is 0. The first-order chi connectivity index (χ1) is 7.66. The summed E-state index contributed by atoms with van der Waals surface area (Å²) in [5.41, 5.74) is 7.39. The number of hydrogen-bond acceptors (Lipinski definition) is 3. The van der Waals surface area contributed by atoms with E-state index in [-0.39, 0.29) is 0 Å². The Labute approximate surface area is 102 Å². The third kappa shape index (κ3) is 2.50. The quantitative estimate of drug-likeness (QED) is 0.796. The number of hydrogen-bond donors (Lipinski definition) is 1. The van der Waals surface area contributed by atoms with E-state index >= 15 is 0 Å². The van der Waals surface area contributed by atoms with E-state index in [9.17, 15) is 0 Å². The zero-order chi connectivity index (χ0) is 11.5. The van der Waals surface area contributed by atoms with Gasteiger partial charge in [-0.15, -0.1) is 0 Å². The van der Waals surface area contributed by atoms with Crippen LogP contribution < -0.4 is 10.6 Å². The average molecular weight is 235 g/mol. The van der Waals surface area contributed by atoms with Gasteiger partial charge in [0.05, 0.1) is 17.6 Å². The van der Waals surface area contributed by atoms with Crippen LogP contribution in [0.1, 0.15) is 25.5 Å². The molecule has 1 unspecified atom stereocenters. The van der Waals surface area contributed by atoms with Gasteiger partial charge < -0.3 is 10.6 Å². The number of piperidine rings is 1. The Bertz CT molecular complexity index is 374. The minimum Gasteiger partial charge on any atom is -0.388 e. The monoisotopic (exact) mass is 235 g/mol. The molecular weight excluding hydrogens is 218 g/mol. The van der Waals surface area contributed by atoms with Crippen LogP contribution in [-0.4, -0.2) is 23.1 Å². The van der Waals surface area contributed by atoms with E-state index in [0.29, 0.717) is 10.7 Å². The molecule has 0 radical (unpaired) electrons. The van der Waals surface area contributed by atoms with Crippen LogP contribution >= 0.6 is 12.2 Å². The normalized spacial score (nSPS) is 20.8. The summed E-state index contributed by atoms with van der Waals surface area (Å²) in [6, 6.07) is 3.95. The summed E-state index contributed by atoms with van der Waals surface area (Å²) in [6.07, 6.45) is 4.46. The van der Waals surface area contributed by atoms with Gasteiger partial charge in [-0.3, -0.25) is 4.98 Å². The molecule has 2 N–H and O–H groups in total. The van der Waals surface area contributed by atoms with Crippen molar-refractivity contribution < 1.29 is 0 Å². The molecule has 0 aromatic carbocycles. The van der Waals surface area contributed by atoms with Crippen molar-refractivity contribution in [3.8, 4) is 0 Å². The third-order valence-electron chi connectivity index (χ3n) is 3.02. The predicted octanol–water partition coefficient (Wildman–Crippen LogP) is 1.95. The number of anilines is 1. The number of thiocarbonyl (C=S) groups is 1. The zero-order valence-corrected chi connectivity index (χ0v) is 10.3. The van der Waals surface area contributed by atoms with Crippen LogP contribution in [0.4, 0.5) is 5.69 Å². The third-order valence-corrected chi connectivity index (χ3v) is 3.23. The Morgan fingerprint density at radius 1 is 1.56 bits per heavy atom. The van der Waals surface area contributed by atoms with E-state index in [1.165, 1.54) is 18.5 Å². The highest BCUT2D eigenvalue weighted by Gasteiger charge is 2.16. The van der Waals surface area contributed by atoms with Gasteiger partial charge in [0.15, 0.2) is 0 Å². The molecule has 3 nitrogen and oxygen atoms in total. The summed E-state index contributed by atoms with van der Waals surface area (Å²) >= 11 is 4.88. The first-order valence-electron chi connectivity index (χ1n) is 5.67. The molecule has 0 bridgehead atoms. The lowest BCUT2D eigenvalue weighted by Gasteiger charge is -2.32. The first-order valence-corrected chi connectivity index (χ1v) is 6.08. The second kappa shape index (κ2) is 4.78. The lowest BCUT2D eigenvalue weighted by atomic mass is 10.00. The second-order valence-electron chi connectivity index (χ2n) is 4.46. The molecule has 2 rings (SSSR count). The molecule has 1 aliphatic heterocycles. The average Bonchev–Trinajstić information content (AvgIpc) is 2.29. The minimum absolute atomic E-state index is 0.360. The van der Waals surface area contributed by atoms with Crippen molar-refractivity contribution in [2.45, 2.75) is 19.8 Å². The topological polar surface area (TPSA) is 42.1 Å². The largest absolute Gasteiger partial charge is 0.388 e. The van der Waals surface area contributed by atoms with Gasteiger partial charge in [-0.1, -0.05) is 19.1 Å². The van der Waals surface area contributed by atoms with Crippen LogP contribution in [0.25, 0.3) is 0 Å². The molecular formula is C12H17N3S. The number of nitrogens with zero attached hydrogens (tertiary/aromatic N) is 2. The fraction of sp³-hybridized carbons (Fsp3) is 0.500. The molecule has 2 heterocycles. The van der Waals surface area contributed by atoms with Crippen LogP contribution in [0.3, 0.4) is 0 Å². The zero-order valence-electron chi connectivity index (χ0n) is 9.52. The van der Waals surface area contributed by atoms with Gasteiger partial charge in [0.1, 0.15) is 4.99 Å². The molecule has 1 aromatic rings. The maximum Gasteiger partial charge on any atom is 0.122 e. The van der Waals surface area contributed by atoms with Gasteiger partial charge in [-0.05, 0) is 30.9 Å². The number of pyridine rings is 1. The summed E-state index contributed by atoms with van der Waals surface area (Å²) < 4.78 is 0. The lowest BCUT2D eigenvalue weighted by Crippen LogP contribution is -2.34. The lowest BCUT2D eigenvalue weighted by molar-refractivity contribution is 0.446. The van der Waals surface area contributed by atoms with Crippen LogP contribution in [0.5, 0.6) is 0 Å². The van der Waals surface area contributed by atoms with Gasteiger partial charge in [-0.25, -0.2) is 0 Å². The minimum atomic E-state index is 0.360. The van der Waals surface area contributed by atoms with Gasteiger partial charge in [0.2, 0.25) is 0 Å². The van der Waals surface area contributed by atoms with Crippen molar-refractivity contribution in [3.05, 3.63) is 24.0 Å². The summed E-state index contributed by atoms with van der Waals surface area (Å²) in [4.78, 5) is 7.01. The second-order valence-corrected chi connectivity index (χ2v) is 4.90. The summed E-state index contributed by atoms with van der Waals surface area (Å²) in [6.45, 7) is 4.54. The van der Waals surface area contributed by atoms with E-state index in [1.807, 2.05) is 12.3 Å². The molecule has 86 valence electrons. The molecule has 0 saturated carbocycles. The maximum absolute atomic E-state index is 5.52. The van der Waals surface area contributed by atoms with Gasteiger partial charge in [0.25, 0.3) is 0 Å². The molecule has 0 spiro atoms. The first kappa shape index (κ1) is 11.3. The Hall–Kier alpha value is -1.16.